The molecule has 0 amide bonds. The van der Waals surface area contributed by atoms with Crippen LogP contribution < -0.4 is 9.99 Å². The second-order valence-corrected chi connectivity index (χ2v) is 8.73. The van der Waals surface area contributed by atoms with Crippen LogP contribution in [0.4, 0.5) is 11.5 Å². The summed E-state index contributed by atoms with van der Waals surface area (Å²) < 4.78 is 0. The van der Waals surface area contributed by atoms with Crippen molar-refractivity contribution in [3.63, 3.8) is 0 Å². The van der Waals surface area contributed by atoms with Gasteiger partial charge >= 0.3 is 0 Å². The zero-order valence-corrected chi connectivity index (χ0v) is 15.9. The molecule has 0 aromatic carbocycles. The monoisotopic (exact) mass is 373 g/mol. The van der Waals surface area contributed by atoms with Crippen molar-refractivity contribution in [1.29, 1.82) is 0 Å². The normalized spacial score (nSPS) is 25.2. The molecule has 1 saturated heterocycles. The maximum Gasteiger partial charge on any atom is 0.128 e. The van der Waals surface area contributed by atoms with Crippen LogP contribution in [0.5, 0.6) is 0 Å². The number of aryl methyl sites for hydroxylation is 1. The molecular weight excluding hydrogens is 353 g/mol. The lowest BCUT2D eigenvalue weighted by Gasteiger charge is -2.45. The average molecular weight is 374 g/mol. The Morgan fingerprint density at radius 2 is 2.12 bits per heavy atom. The topological polar surface area (TPSA) is 44.3 Å². The first kappa shape index (κ1) is 15.8. The Kier molecular flexibility index (Phi) is 3.67. The fourth-order valence-corrected chi connectivity index (χ4v) is 5.91. The number of rotatable bonds is 2. The Morgan fingerprint density at radius 1 is 1.24 bits per heavy atom. The largest absolute Gasteiger partial charge is 0.365 e. The maximum atomic E-state index is 5.99. The average Bonchev–Trinajstić information content (AvgIpc) is 3.23. The van der Waals surface area contributed by atoms with Gasteiger partial charge in [0.15, 0.2) is 0 Å². The van der Waals surface area contributed by atoms with Gasteiger partial charge < -0.3 is 9.99 Å². The number of aromatic nitrogens is 2. The van der Waals surface area contributed by atoms with Gasteiger partial charge in [-0.05, 0) is 46.7 Å². The molecule has 2 unspecified atom stereocenters. The highest BCUT2D eigenvalue weighted by molar-refractivity contribution is 7.41. The highest BCUT2D eigenvalue weighted by Crippen LogP contribution is 2.57. The summed E-state index contributed by atoms with van der Waals surface area (Å²) >= 11 is 5.99. The fourth-order valence-electron chi connectivity index (χ4n) is 4.22. The van der Waals surface area contributed by atoms with Crippen molar-refractivity contribution in [3.05, 3.63) is 46.9 Å². The van der Waals surface area contributed by atoms with Crippen molar-refractivity contribution in [1.82, 2.24) is 14.9 Å². The summed E-state index contributed by atoms with van der Waals surface area (Å²) in [5.74, 6) is 1.51. The smallest absolute Gasteiger partial charge is 0.128 e. The van der Waals surface area contributed by atoms with Gasteiger partial charge in [-0.25, -0.2) is 4.98 Å². The van der Waals surface area contributed by atoms with E-state index in [4.69, 9.17) is 11.6 Å². The Balaban J connectivity index is 1.41. The zero-order valence-electron chi connectivity index (χ0n) is 14.2. The molecule has 2 fully saturated rings. The number of hydrogen-bond donors (Lipinski definition) is 1. The molecule has 2 aromatic rings. The van der Waals surface area contributed by atoms with Gasteiger partial charge in [0.2, 0.25) is 0 Å². The maximum absolute atomic E-state index is 5.99. The lowest BCUT2D eigenvalue weighted by Crippen LogP contribution is -2.55. The second kappa shape index (κ2) is 5.80. The Bertz CT molecular complexity index is 808. The van der Waals surface area contributed by atoms with E-state index < -0.39 is 0 Å². The Hall–Kier alpha value is -1.42. The summed E-state index contributed by atoms with van der Waals surface area (Å²) in [6.45, 7) is 5.26. The number of nitrogens with zero attached hydrogens (tertiary/aromatic N) is 4. The molecule has 2 aliphatic heterocycles. The van der Waals surface area contributed by atoms with Gasteiger partial charge in [-0.2, -0.15) is 0 Å². The van der Waals surface area contributed by atoms with Crippen LogP contribution in [0.2, 0.25) is 5.02 Å². The Morgan fingerprint density at radius 3 is 2.88 bits per heavy atom. The molecule has 1 spiro atoms. The first-order valence-electron chi connectivity index (χ1n) is 8.77. The van der Waals surface area contributed by atoms with Crippen molar-refractivity contribution in [2.45, 2.75) is 31.1 Å². The van der Waals surface area contributed by atoms with Crippen LogP contribution in [0.1, 0.15) is 29.9 Å². The zero-order chi connectivity index (χ0) is 17.0. The minimum absolute atomic E-state index is 0.294. The summed E-state index contributed by atoms with van der Waals surface area (Å²) in [5, 5.41) is 4.30. The fraction of sp³-hybridized carbons (Fsp3) is 0.444. The predicted molar refractivity (Wildman–Crippen MR) is 104 cm³/mol. The number of pyridine rings is 2. The van der Waals surface area contributed by atoms with Crippen LogP contribution in [-0.4, -0.2) is 40.0 Å². The van der Waals surface area contributed by atoms with Gasteiger partial charge in [0.25, 0.3) is 0 Å². The number of fused-ring (bicyclic) bond motifs is 1. The SMILES string of the molecule is Cc1nccc2c1C(N1CCN(c3ccc(Cl)cn3)CC13CC3)PN2. The summed E-state index contributed by atoms with van der Waals surface area (Å²) in [6.07, 6.45) is 6.20. The van der Waals surface area contributed by atoms with Crippen LogP contribution in [0.15, 0.2) is 30.6 Å². The number of anilines is 2. The van der Waals surface area contributed by atoms with E-state index in [0.717, 1.165) is 31.1 Å². The minimum Gasteiger partial charge on any atom is -0.365 e. The third kappa shape index (κ3) is 2.61. The van der Waals surface area contributed by atoms with Crippen LogP contribution in [0, 0.1) is 6.92 Å². The van der Waals surface area contributed by atoms with Crippen molar-refractivity contribution >= 4 is 31.8 Å². The van der Waals surface area contributed by atoms with Gasteiger partial charge in [-0.1, -0.05) is 11.6 Å². The lowest BCUT2D eigenvalue weighted by molar-refractivity contribution is 0.143. The third-order valence-corrected chi connectivity index (χ3v) is 7.20. The van der Waals surface area contributed by atoms with E-state index in [2.05, 4.69) is 37.8 Å². The highest BCUT2D eigenvalue weighted by atomic mass is 35.5. The van der Waals surface area contributed by atoms with E-state index in [9.17, 15) is 0 Å². The molecule has 0 bridgehead atoms. The van der Waals surface area contributed by atoms with E-state index in [-0.39, 0.29) is 0 Å². The van der Waals surface area contributed by atoms with E-state index in [1.54, 1.807) is 6.20 Å². The third-order valence-electron chi connectivity index (χ3n) is 5.69. The number of piperazine rings is 1. The number of hydrogen-bond acceptors (Lipinski definition) is 5. The summed E-state index contributed by atoms with van der Waals surface area (Å²) in [5.41, 5.74) is 4.14. The van der Waals surface area contributed by atoms with Gasteiger partial charge in [-0.15, -0.1) is 0 Å². The van der Waals surface area contributed by atoms with Crippen molar-refractivity contribution < 1.29 is 0 Å². The molecule has 2 aromatic heterocycles. The van der Waals surface area contributed by atoms with Crippen molar-refractivity contribution in [2.75, 3.05) is 29.6 Å². The molecule has 5 rings (SSSR count). The molecule has 1 N–H and O–H groups in total. The highest BCUT2D eigenvalue weighted by Gasteiger charge is 2.54. The molecule has 7 heteroatoms. The van der Waals surface area contributed by atoms with Gasteiger partial charge in [-0.3, -0.25) is 9.88 Å². The standard InChI is InChI=1S/C18H21ClN5P/c1-12-16-14(4-7-20-12)22-25-17(16)24-9-8-23(11-18(24)5-6-18)15-3-2-13(19)10-21-15/h2-4,7,10,17,22,25H,5-6,8-9,11H2,1H3. The first-order chi connectivity index (χ1) is 12.2. The molecule has 25 heavy (non-hydrogen) atoms. The van der Waals surface area contributed by atoms with Gasteiger partial charge in [0, 0.05) is 54.5 Å². The van der Waals surface area contributed by atoms with Crippen LogP contribution in [0.25, 0.3) is 0 Å². The molecule has 5 nitrogen and oxygen atoms in total. The molecular formula is C18H21ClN5P. The molecule has 0 radical (unpaired) electrons. The van der Waals surface area contributed by atoms with E-state index in [0.29, 0.717) is 25.1 Å². The van der Waals surface area contributed by atoms with Crippen LogP contribution in [-0.2, 0) is 0 Å². The van der Waals surface area contributed by atoms with Gasteiger partial charge in [0.1, 0.15) is 5.82 Å². The first-order valence-corrected chi connectivity index (χ1v) is 10.2. The summed E-state index contributed by atoms with van der Waals surface area (Å²) in [4.78, 5) is 14.2. The summed E-state index contributed by atoms with van der Waals surface area (Å²) in [7, 11) is 0.713. The van der Waals surface area contributed by atoms with E-state index >= 15 is 0 Å². The minimum atomic E-state index is 0.294. The summed E-state index contributed by atoms with van der Waals surface area (Å²) in [6, 6.07) is 6.09. The molecule has 130 valence electrons. The van der Waals surface area contributed by atoms with Crippen LogP contribution >= 0.6 is 20.3 Å². The molecule has 1 saturated carbocycles. The Labute approximate surface area is 154 Å². The van der Waals surface area contributed by atoms with Crippen LogP contribution in [0.3, 0.4) is 0 Å². The van der Waals surface area contributed by atoms with Crippen molar-refractivity contribution in [3.8, 4) is 0 Å². The van der Waals surface area contributed by atoms with E-state index in [1.807, 2.05) is 18.3 Å². The lowest BCUT2D eigenvalue weighted by atomic mass is 10.1. The quantitative estimate of drug-likeness (QED) is 0.811. The molecule has 3 aliphatic rings. The predicted octanol–water partition coefficient (Wildman–Crippen LogP) is 3.81. The molecule has 1 aliphatic carbocycles. The van der Waals surface area contributed by atoms with E-state index in [1.165, 1.54) is 24.1 Å². The van der Waals surface area contributed by atoms with Crippen molar-refractivity contribution in [2.24, 2.45) is 0 Å². The van der Waals surface area contributed by atoms with Gasteiger partial charge in [0.05, 0.1) is 10.8 Å². The number of nitrogens with one attached hydrogen (secondary N) is 1. The molecule has 2 atom stereocenters. The number of halogens is 1. The second-order valence-electron chi connectivity index (χ2n) is 7.20. The molecule has 4 heterocycles.